The lowest BCUT2D eigenvalue weighted by Gasteiger charge is -2.22. The van der Waals surface area contributed by atoms with Gasteiger partial charge in [0.25, 0.3) is 0 Å². The fourth-order valence-corrected chi connectivity index (χ4v) is 1.27. The number of carbonyl (C=O) groups excluding carboxylic acids is 1. The minimum Gasteiger partial charge on any atom is -0.396 e. The van der Waals surface area contributed by atoms with Crippen molar-refractivity contribution < 1.29 is 4.79 Å². The van der Waals surface area contributed by atoms with Gasteiger partial charge in [-0.3, -0.25) is 4.79 Å². The van der Waals surface area contributed by atoms with E-state index in [-0.39, 0.29) is 5.91 Å². The maximum atomic E-state index is 11.1. The van der Waals surface area contributed by atoms with E-state index >= 15 is 0 Å². The van der Waals surface area contributed by atoms with Crippen molar-refractivity contribution in [3.05, 3.63) is 23.2 Å². The quantitative estimate of drug-likeness (QED) is 0.704. The van der Waals surface area contributed by atoms with Gasteiger partial charge in [-0.1, -0.05) is 17.7 Å². The van der Waals surface area contributed by atoms with Gasteiger partial charge < -0.3 is 16.8 Å². The standard InChI is InChI=1S/C11H16ClN3O/c1-11(2,10(14)16)6-15-8-5-3-4-7(12)9(8)13/h3-5,15H,6,13H2,1-2H3,(H2,14,16). The molecule has 5 N–H and O–H groups in total. The summed E-state index contributed by atoms with van der Waals surface area (Å²) in [5.74, 6) is -0.361. The monoisotopic (exact) mass is 241 g/mol. The number of nitrogen functional groups attached to an aromatic ring is 1. The number of hydrogen-bond donors (Lipinski definition) is 3. The first-order valence-electron chi connectivity index (χ1n) is 4.92. The highest BCUT2D eigenvalue weighted by Crippen LogP contribution is 2.27. The third kappa shape index (κ3) is 2.79. The predicted octanol–water partition coefficient (Wildman–Crippen LogP) is 1.85. The number of amides is 1. The number of benzene rings is 1. The van der Waals surface area contributed by atoms with Crippen LogP contribution in [0.1, 0.15) is 13.8 Å². The Hall–Kier alpha value is -1.42. The highest BCUT2D eigenvalue weighted by Gasteiger charge is 2.24. The lowest BCUT2D eigenvalue weighted by atomic mass is 9.92. The van der Waals surface area contributed by atoms with Crippen molar-refractivity contribution >= 4 is 28.9 Å². The number of nitrogens with two attached hydrogens (primary N) is 2. The number of anilines is 2. The van der Waals surface area contributed by atoms with E-state index in [9.17, 15) is 4.79 Å². The van der Waals surface area contributed by atoms with Crippen LogP contribution < -0.4 is 16.8 Å². The molecule has 0 unspecified atom stereocenters. The fourth-order valence-electron chi connectivity index (χ4n) is 1.09. The van der Waals surface area contributed by atoms with Crippen LogP contribution in [0.3, 0.4) is 0 Å². The fraction of sp³-hybridized carbons (Fsp3) is 0.364. The molecule has 5 heteroatoms. The van der Waals surface area contributed by atoms with E-state index in [2.05, 4.69) is 5.32 Å². The zero-order valence-electron chi connectivity index (χ0n) is 9.38. The van der Waals surface area contributed by atoms with Crippen LogP contribution in [0, 0.1) is 5.41 Å². The Labute approximate surface area is 100.0 Å². The molecule has 0 heterocycles. The van der Waals surface area contributed by atoms with E-state index in [0.29, 0.717) is 22.9 Å². The van der Waals surface area contributed by atoms with Crippen molar-refractivity contribution in [1.82, 2.24) is 0 Å². The number of carbonyl (C=O) groups is 1. The summed E-state index contributed by atoms with van der Waals surface area (Å²) in [6, 6.07) is 5.30. The van der Waals surface area contributed by atoms with Crippen molar-refractivity contribution in [2.45, 2.75) is 13.8 Å². The van der Waals surface area contributed by atoms with Gasteiger partial charge in [-0.25, -0.2) is 0 Å². The van der Waals surface area contributed by atoms with E-state index in [1.807, 2.05) is 0 Å². The molecule has 16 heavy (non-hydrogen) atoms. The number of hydrogen-bond acceptors (Lipinski definition) is 3. The summed E-state index contributed by atoms with van der Waals surface area (Å²) in [5, 5.41) is 3.55. The number of para-hydroxylation sites is 1. The second kappa shape index (κ2) is 4.61. The van der Waals surface area contributed by atoms with Crippen molar-refractivity contribution in [2.75, 3.05) is 17.6 Å². The molecule has 0 aromatic heterocycles. The molecule has 0 aliphatic rings. The summed E-state index contributed by atoms with van der Waals surface area (Å²) >= 11 is 5.87. The van der Waals surface area contributed by atoms with Gasteiger partial charge in [0, 0.05) is 6.54 Å². The maximum Gasteiger partial charge on any atom is 0.224 e. The Morgan fingerprint density at radius 1 is 1.50 bits per heavy atom. The van der Waals surface area contributed by atoms with Gasteiger partial charge >= 0.3 is 0 Å². The molecule has 0 saturated carbocycles. The molecule has 0 fully saturated rings. The van der Waals surface area contributed by atoms with E-state index in [0.717, 1.165) is 0 Å². The van der Waals surface area contributed by atoms with Gasteiger partial charge in [-0.05, 0) is 26.0 Å². The molecule has 1 rings (SSSR count). The van der Waals surface area contributed by atoms with Gasteiger partial charge in [0.15, 0.2) is 0 Å². The normalized spacial score (nSPS) is 11.2. The number of primary amides is 1. The third-order valence-corrected chi connectivity index (χ3v) is 2.77. The van der Waals surface area contributed by atoms with Crippen molar-refractivity contribution in [1.29, 1.82) is 0 Å². The second-order valence-electron chi connectivity index (χ2n) is 4.30. The van der Waals surface area contributed by atoms with Crippen LogP contribution in [0.2, 0.25) is 5.02 Å². The largest absolute Gasteiger partial charge is 0.396 e. The lowest BCUT2D eigenvalue weighted by Crippen LogP contribution is -2.37. The molecule has 0 aliphatic heterocycles. The molecule has 0 radical (unpaired) electrons. The minimum atomic E-state index is -0.630. The average Bonchev–Trinajstić information content (AvgIpc) is 2.20. The van der Waals surface area contributed by atoms with Crippen LogP contribution in [0.25, 0.3) is 0 Å². The summed E-state index contributed by atoms with van der Waals surface area (Å²) in [7, 11) is 0. The first kappa shape index (κ1) is 12.6. The van der Waals surface area contributed by atoms with Crippen LogP contribution in [0.15, 0.2) is 18.2 Å². The van der Waals surface area contributed by atoms with Crippen LogP contribution >= 0.6 is 11.6 Å². The van der Waals surface area contributed by atoms with Gasteiger partial charge in [0.2, 0.25) is 5.91 Å². The second-order valence-corrected chi connectivity index (χ2v) is 4.71. The smallest absolute Gasteiger partial charge is 0.224 e. The molecule has 4 nitrogen and oxygen atoms in total. The number of rotatable bonds is 4. The molecule has 88 valence electrons. The van der Waals surface area contributed by atoms with Gasteiger partial charge in [0.05, 0.1) is 21.8 Å². The summed E-state index contributed by atoms with van der Waals surface area (Å²) in [5.41, 5.74) is 11.6. The number of nitrogens with one attached hydrogen (secondary N) is 1. The van der Waals surface area contributed by atoms with Gasteiger partial charge in [0.1, 0.15) is 0 Å². The Morgan fingerprint density at radius 3 is 2.69 bits per heavy atom. The topological polar surface area (TPSA) is 81.1 Å². The lowest BCUT2D eigenvalue weighted by molar-refractivity contribution is -0.125. The Balaban J connectivity index is 2.76. The molecule has 1 aromatic rings. The van der Waals surface area contributed by atoms with Crippen molar-refractivity contribution in [2.24, 2.45) is 11.1 Å². The third-order valence-electron chi connectivity index (χ3n) is 2.44. The summed E-state index contributed by atoms with van der Waals surface area (Å²) in [6.45, 7) is 3.94. The summed E-state index contributed by atoms with van der Waals surface area (Å²) in [6.07, 6.45) is 0. The Morgan fingerprint density at radius 2 is 2.12 bits per heavy atom. The zero-order chi connectivity index (χ0) is 12.3. The van der Waals surface area contributed by atoms with E-state index in [1.54, 1.807) is 32.0 Å². The summed E-state index contributed by atoms with van der Waals surface area (Å²) in [4.78, 5) is 11.1. The molecule has 1 amide bonds. The average molecular weight is 242 g/mol. The zero-order valence-corrected chi connectivity index (χ0v) is 10.1. The van der Waals surface area contributed by atoms with Gasteiger partial charge in [-0.15, -0.1) is 0 Å². The predicted molar refractivity (Wildman–Crippen MR) is 67.3 cm³/mol. The van der Waals surface area contributed by atoms with E-state index in [4.69, 9.17) is 23.1 Å². The Bertz CT molecular complexity index is 404. The highest BCUT2D eigenvalue weighted by molar-refractivity contribution is 6.33. The van der Waals surface area contributed by atoms with Crippen LogP contribution in [0.4, 0.5) is 11.4 Å². The first-order valence-corrected chi connectivity index (χ1v) is 5.30. The van der Waals surface area contributed by atoms with Crippen LogP contribution in [-0.4, -0.2) is 12.5 Å². The van der Waals surface area contributed by atoms with E-state index in [1.165, 1.54) is 0 Å². The Kier molecular flexibility index (Phi) is 3.65. The maximum absolute atomic E-state index is 11.1. The van der Waals surface area contributed by atoms with Crippen molar-refractivity contribution in [3.8, 4) is 0 Å². The summed E-state index contributed by atoms with van der Waals surface area (Å²) < 4.78 is 0. The van der Waals surface area contributed by atoms with Crippen LogP contribution in [0.5, 0.6) is 0 Å². The van der Waals surface area contributed by atoms with E-state index < -0.39 is 5.41 Å². The first-order chi connectivity index (χ1) is 7.34. The number of halogens is 1. The van der Waals surface area contributed by atoms with Gasteiger partial charge in [-0.2, -0.15) is 0 Å². The molecule has 0 aliphatic carbocycles. The molecular weight excluding hydrogens is 226 g/mol. The molecular formula is C11H16ClN3O. The molecule has 1 aromatic carbocycles. The SMILES string of the molecule is CC(C)(CNc1cccc(Cl)c1N)C(N)=O. The molecule has 0 saturated heterocycles. The van der Waals surface area contributed by atoms with Crippen molar-refractivity contribution in [3.63, 3.8) is 0 Å². The molecule has 0 spiro atoms. The highest BCUT2D eigenvalue weighted by atomic mass is 35.5. The minimum absolute atomic E-state index is 0.361. The molecule has 0 bridgehead atoms. The molecule has 0 atom stereocenters. The van der Waals surface area contributed by atoms with Crippen LogP contribution in [-0.2, 0) is 4.79 Å².